The highest BCUT2D eigenvalue weighted by molar-refractivity contribution is 4.75. The van der Waals surface area contributed by atoms with Crippen molar-refractivity contribution >= 4 is 0 Å². The molecule has 0 spiro atoms. The molecule has 0 amide bonds. The topological polar surface area (TPSA) is 41.5 Å². The third-order valence-corrected chi connectivity index (χ3v) is 3.86. The van der Waals surface area contributed by atoms with Crippen LogP contribution in [0.5, 0.6) is 0 Å². The van der Waals surface area contributed by atoms with Gasteiger partial charge in [0.2, 0.25) is 0 Å². The lowest BCUT2D eigenvalue weighted by atomic mass is 9.82. The van der Waals surface area contributed by atoms with Crippen molar-refractivity contribution in [1.82, 2.24) is 5.32 Å². The van der Waals surface area contributed by atoms with E-state index in [0.29, 0.717) is 6.10 Å². The van der Waals surface area contributed by atoms with Crippen LogP contribution in [0.25, 0.3) is 0 Å². The van der Waals surface area contributed by atoms with E-state index in [2.05, 4.69) is 26.1 Å². The summed E-state index contributed by atoms with van der Waals surface area (Å²) in [5, 5.41) is 12.6. The number of hydrogen-bond acceptors (Lipinski definition) is 3. The Morgan fingerprint density at radius 2 is 1.89 bits per heavy atom. The summed E-state index contributed by atoms with van der Waals surface area (Å²) >= 11 is 0. The molecule has 3 atom stereocenters. The number of aliphatic hydroxyl groups excluding tert-OH is 1. The van der Waals surface area contributed by atoms with Crippen LogP contribution in [-0.4, -0.2) is 37.0 Å². The molecule has 0 bridgehead atoms. The van der Waals surface area contributed by atoms with Crippen LogP contribution in [-0.2, 0) is 4.74 Å². The van der Waals surface area contributed by atoms with E-state index in [1.165, 1.54) is 19.3 Å². The number of aliphatic hydroxyl groups is 1. The molecule has 0 aromatic carbocycles. The monoisotopic (exact) mass is 257 g/mol. The van der Waals surface area contributed by atoms with E-state index in [4.69, 9.17) is 4.74 Å². The summed E-state index contributed by atoms with van der Waals surface area (Å²) < 4.78 is 5.98. The lowest BCUT2D eigenvalue weighted by molar-refractivity contribution is -0.00452. The Hall–Kier alpha value is -0.120. The van der Waals surface area contributed by atoms with Crippen LogP contribution in [0.4, 0.5) is 0 Å². The highest BCUT2D eigenvalue weighted by Gasteiger charge is 2.24. The zero-order valence-electron chi connectivity index (χ0n) is 12.3. The molecule has 0 aromatic rings. The largest absolute Gasteiger partial charge is 0.395 e. The number of ether oxygens (including phenoxy) is 1. The molecule has 1 aliphatic carbocycles. The Labute approximate surface area is 112 Å². The van der Waals surface area contributed by atoms with Gasteiger partial charge in [0.25, 0.3) is 0 Å². The molecule has 1 aliphatic rings. The van der Waals surface area contributed by atoms with Crippen LogP contribution in [0, 0.1) is 11.8 Å². The highest BCUT2D eigenvalue weighted by Crippen LogP contribution is 2.30. The van der Waals surface area contributed by atoms with E-state index in [1.807, 2.05) is 0 Å². The van der Waals surface area contributed by atoms with Crippen LogP contribution in [0.1, 0.15) is 52.9 Å². The Kier molecular flexibility index (Phi) is 7.87. The second-order valence-corrected chi connectivity index (χ2v) is 6.03. The normalized spacial score (nSPS) is 30.3. The van der Waals surface area contributed by atoms with Crippen LogP contribution in [0.2, 0.25) is 0 Å². The first-order valence-electron chi connectivity index (χ1n) is 7.61. The Morgan fingerprint density at radius 3 is 2.44 bits per heavy atom. The molecule has 18 heavy (non-hydrogen) atoms. The van der Waals surface area contributed by atoms with E-state index < -0.39 is 0 Å². The van der Waals surface area contributed by atoms with Gasteiger partial charge in [-0.15, -0.1) is 0 Å². The van der Waals surface area contributed by atoms with E-state index >= 15 is 0 Å². The summed E-state index contributed by atoms with van der Waals surface area (Å²) in [5.41, 5.74) is 0. The molecule has 2 N–H and O–H groups in total. The van der Waals surface area contributed by atoms with Crippen LogP contribution in [0.3, 0.4) is 0 Å². The van der Waals surface area contributed by atoms with Gasteiger partial charge in [-0.3, -0.25) is 0 Å². The van der Waals surface area contributed by atoms with Crippen molar-refractivity contribution in [1.29, 1.82) is 0 Å². The van der Waals surface area contributed by atoms with Gasteiger partial charge in [-0.25, -0.2) is 0 Å². The Balaban J connectivity index is 2.15. The molecule has 1 rings (SSSR count). The van der Waals surface area contributed by atoms with Gasteiger partial charge in [-0.2, -0.15) is 0 Å². The highest BCUT2D eigenvalue weighted by atomic mass is 16.5. The minimum Gasteiger partial charge on any atom is -0.395 e. The quantitative estimate of drug-likeness (QED) is 0.702. The molecule has 108 valence electrons. The average Bonchev–Trinajstić information content (AvgIpc) is 2.32. The average molecular weight is 257 g/mol. The first kappa shape index (κ1) is 15.9. The van der Waals surface area contributed by atoms with Crippen LogP contribution >= 0.6 is 0 Å². The third kappa shape index (κ3) is 6.17. The fraction of sp³-hybridized carbons (Fsp3) is 1.00. The summed E-state index contributed by atoms with van der Waals surface area (Å²) in [6, 6.07) is 0.198. The van der Waals surface area contributed by atoms with E-state index in [-0.39, 0.29) is 12.6 Å². The van der Waals surface area contributed by atoms with Crippen molar-refractivity contribution in [2.45, 2.75) is 65.0 Å². The van der Waals surface area contributed by atoms with Crippen LogP contribution < -0.4 is 5.32 Å². The van der Waals surface area contributed by atoms with Gasteiger partial charge in [0.1, 0.15) is 0 Å². The van der Waals surface area contributed by atoms with Gasteiger partial charge in [0.15, 0.2) is 0 Å². The number of nitrogens with one attached hydrogen (secondary N) is 1. The summed E-state index contributed by atoms with van der Waals surface area (Å²) in [4.78, 5) is 0. The van der Waals surface area contributed by atoms with Crippen molar-refractivity contribution in [3.63, 3.8) is 0 Å². The Bertz CT molecular complexity index is 201. The first-order chi connectivity index (χ1) is 8.65. The number of rotatable bonds is 8. The second kappa shape index (κ2) is 8.89. The summed E-state index contributed by atoms with van der Waals surface area (Å²) in [7, 11) is 0. The molecule has 3 heteroatoms. The molecule has 1 saturated carbocycles. The van der Waals surface area contributed by atoms with Crippen LogP contribution in [0.15, 0.2) is 0 Å². The maximum atomic E-state index is 9.26. The van der Waals surface area contributed by atoms with E-state index in [0.717, 1.165) is 37.8 Å². The van der Waals surface area contributed by atoms with Crippen molar-refractivity contribution in [3.05, 3.63) is 0 Å². The molecule has 1 fully saturated rings. The van der Waals surface area contributed by atoms with E-state index in [1.54, 1.807) is 0 Å². The first-order valence-corrected chi connectivity index (χ1v) is 7.61. The van der Waals surface area contributed by atoms with Gasteiger partial charge in [0.05, 0.1) is 12.7 Å². The Morgan fingerprint density at radius 1 is 1.22 bits per heavy atom. The zero-order chi connectivity index (χ0) is 13.4. The third-order valence-electron chi connectivity index (χ3n) is 3.86. The summed E-state index contributed by atoms with van der Waals surface area (Å²) in [5.74, 6) is 1.59. The molecular weight excluding hydrogens is 226 g/mol. The van der Waals surface area contributed by atoms with E-state index in [9.17, 15) is 5.11 Å². The molecule has 0 saturated heterocycles. The smallest absolute Gasteiger partial charge is 0.0585 e. The standard InChI is InChI=1S/C15H31NO2/c1-4-6-16-14(11-17)5-7-18-15-9-12(2)8-13(3)10-15/h12-17H,4-11H2,1-3H3. The van der Waals surface area contributed by atoms with Gasteiger partial charge in [-0.1, -0.05) is 20.8 Å². The van der Waals surface area contributed by atoms with Gasteiger partial charge in [0, 0.05) is 12.6 Å². The zero-order valence-corrected chi connectivity index (χ0v) is 12.3. The molecule has 3 nitrogen and oxygen atoms in total. The predicted molar refractivity (Wildman–Crippen MR) is 75.7 cm³/mol. The molecule has 0 aliphatic heterocycles. The predicted octanol–water partition coefficient (Wildman–Crippen LogP) is 2.58. The molecule has 0 radical (unpaired) electrons. The van der Waals surface area contributed by atoms with Crippen molar-refractivity contribution in [3.8, 4) is 0 Å². The lowest BCUT2D eigenvalue weighted by Crippen LogP contribution is -2.35. The van der Waals surface area contributed by atoms with Crippen molar-refractivity contribution in [2.75, 3.05) is 19.8 Å². The second-order valence-electron chi connectivity index (χ2n) is 6.03. The maximum absolute atomic E-state index is 9.26. The molecule has 0 aromatic heterocycles. The van der Waals surface area contributed by atoms with Crippen molar-refractivity contribution < 1.29 is 9.84 Å². The maximum Gasteiger partial charge on any atom is 0.0585 e. The van der Waals surface area contributed by atoms with Gasteiger partial charge < -0.3 is 15.2 Å². The van der Waals surface area contributed by atoms with Gasteiger partial charge in [-0.05, 0) is 50.5 Å². The summed E-state index contributed by atoms with van der Waals surface area (Å²) in [6.07, 6.45) is 6.21. The van der Waals surface area contributed by atoms with Gasteiger partial charge >= 0.3 is 0 Å². The minimum atomic E-state index is 0.198. The lowest BCUT2D eigenvalue weighted by Gasteiger charge is -2.31. The SMILES string of the molecule is CCCNC(CO)CCOC1CC(C)CC(C)C1. The van der Waals surface area contributed by atoms with Crippen molar-refractivity contribution in [2.24, 2.45) is 11.8 Å². The minimum absolute atomic E-state index is 0.198. The molecular formula is C15H31NO2. The molecule has 3 unspecified atom stereocenters. The fourth-order valence-electron chi connectivity index (χ4n) is 2.99. The molecule has 0 heterocycles. The fourth-order valence-corrected chi connectivity index (χ4v) is 2.99. The summed E-state index contributed by atoms with van der Waals surface area (Å²) in [6.45, 7) is 8.75. The number of hydrogen-bond donors (Lipinski definition) is 2.